The third-order valence-corrected chi connectivity index (χ3v) is 4.85. The summed E-state index contributed by atoms with van der Waals surface area (Å²) in [5.41, 5.74) is 4.54. The highest BCUT2D eigenvalue weighted by Gasteiger charge is 2.12. The molecule has 0 radical (unpaired) electrons. The van der Waals surface area contributed by atoms with E-state index in [0.29, 0.717) is 42.0 Å². The second-order valence-electron chi connectivity index (χ2n) is 6.97. The van der Waals surface area contributed by atoms with Gasteiger partial charge in [-0.3, -0.25) is 0 Å². The maximum absolute atomic E-state index is 14.6. The molecule has 0 unspecified atom stereocenters. The predicted molar refractivity (Wildman–Crippen MR) is 106 cm³/mol. The molecule has 0 fully saturated rings. The average molecular weight is 394 g/mol. The number of aromatic amines is 1. The number of fused-ring (bicyclic) bond motifs is 1. The van der Waals surface area contributed by atoms with E-state index in [9.17, 15) is 8.78 Å². The summed E-state index contributed by atoms with van der Waals surface area (Å²) in [6.45, 7) is 1.98. The quantitative estimate of drug-likeness (QED) is 0.495. The Morgan fingerprint density at radius 2 is 1.86 bits per heavy atom. The van der Waals surface area contributed by atoms with Gasteiger partial charge in [-0.05, 0) is 49.1 Å². The van der Waals surface area contributed by atoms with Crippen molar-refractivity contribution in [3.8, 4) is 5.88 Å². The van der Waals surface area contributed by atoms with E-state index in [4.69, 9.17) is 4.74 Å². The highest BCUT2D eigenvalue weighted by atomic mass is 19.1. The van der Waals surface area contributed by atoms with Crippen molar-refractivity contribution in [2.75, 3.05) is 7.11 Å². The van der Waals surface area contributed by atoms with Crippen LogP contribution in [-0.2, 0) is 19.3 Å². The number of hydrogen-bond donors (Lipinski definition) is 1. The molecule has 0 bridgehead atoms. The second-order valence-corrected chi connectivity index (χ2v) is 6.97. The minimum absolute atomic E-state index is 0.367. The van der Waals surface area contributed by atoms with Gasteiger partial charge in [0.1, 0.15) is 11.5 Å². The SMILES string of the molecule is COc1ncc(F)cc1CCc1ccc(Cc2c[nH]c3ncc(C)cc23)c(F)n1. The zero-order valence-corrected chi connectivity index (χ0v) is 16.2. The molecule has 0 atom stereocenters. The third kappa shape index (κ3) is 4.08. The second kappa shape index (κ2) is 7.95. The number of aromatic nitrogens is 4. The van der Waals surface area contributed by atoms with Gasteiger partial charge in [-0.1, -0.05) is 6.07 Å². The number of rotatable bonds is 6. The molecule has 4 heterocycles. The molecule has 1 N–H and O–H groups in total. The molecule has 29 heavy (non-hydrogen) atoms. The van der Waals surface area contributed by atoms with E-state index in [1.807, 2.05) is 19.2 Å². The Morgan fingerprint density at radius 3 is 2.66 bits per heavy atom. The molecular formula is C22H20F2N4O. The maximum atomic E-state index is 14.6. The number of methoxy groups -OCH3 is 1. The van der Waals surface area contributed by atoms with Gasteiger partial charge in [-0.2, -0.15) is 4.39 Å². The third-order valence-electron chi connectivity index (χ3n) is 4.85. The molecule has 0 aromatic carbocycles. The van der Waals surface area contributed by atoms with Gasteiger partial charge in [-0.15, -0.1) is 0 Å². The molecule has 7 heteroatoms. The number of aryl methyl sites for hydroxylation is 3. The van der Waals surface area contributed by atoms with Crippen molar-refractivity contribution in [3.05, 3.63) is 82.6 Å². The lowest BCUT2D eigenvalue weighted by Crippen LogP contribution is -2.03. The Morgan fingerprint density at radius 1 is 1.00 bits per heavy atom. The van der Waals surface area contributed by atoms with Crippen LogP contribution >= 0.6 is 0 Å². The van der Waals surface area contributed by atoms with Crippen molar-refractivity contribution in [2.45, 2.75) is 26.2 Å². The van der Waals surface area contributed by atoms with Crippen molar-refractivity contribution in [2.24, 2.45) is 0 Å². The zero-order chi connectivity index (χ0) is 20.4. The zero-order valence-electron chi connectivity index (χ0n) is 16.2. The molecule has 0 aliphatic carbocycles. The van der Waals surface area contributed by atoms with Gasteiger partial charge in [0, 0.05) is 41.0 Å². The van der Waals surface area contributed by atoms with Crippen LogP contribution in [0.5, 0.6) is 5.88 Å². The van der Waals surface area contributed by atoms with E-state index in [0.717, 1.165) is 28.4 Å². The predicted octanol–water partition coefficient (Wildman–Crippen LogP) is 4.32. The van der Waals surface area contributed by atoms with Crippen LogP contribution in [0.4, 0.5) is 8.78 Å². The number of pyridine rings is 3. The summed E-state index contributed by atoms with van der Waals surface area (Å²) in [4.78, 5) is 15.5. The number of hydrogen-bond acceptors (Lipinski definition) is 4. The minimum Gasteiger partial charge on any atom is -0.481 e. The molecule has 4 rings (SSSR count). The Hall–Kier alpha value is -3.35. The number of H-pyrrole nitrogens is 1. The number of ether oxygens (including phenoxy) is 1. The first kappa shape index (κ1) is 19.0. The van der Waals surface area contributed by atoms with Crippen LogP contribution in [0.1, 0.15) is 27.9 Å². The van der Waals surface area contributed by atoms with Crippen LogP contribution in [0.2, 0.25) is 0 Å². The molecule has 5 nitrogen and oxygen atoms in total. The monoisotopic (exact) mass is 394 g/mol. The summed E-state index contributed by atoms with van der Waals surface area (Å²) in [5, 5.41) is 0.985. The lowest BCUT2D eigenvalue weighted by atomic mass is 10.0. The van der Waals surface area contributed by atoms with Gasteiger partial charge in [0.05, 0.1) is 13.3 Å². The van der Waals surface area contributed by atoms with Gasteiger partial charge in [0.2, 0.25) is 11.8 Å². The molecule has 0 amide bonds. The van der Waals surface area contributed by atoms with Crippen molar-refractivity contribution in [3.63, 3.8) is 0 Å². The average Bonchev–Trinajstić information content (AvgIpc) is 3.10. The van der Waals surface area contributed by atoms with Crippen LogP contribution in [0.3, 0.4) is 0 Å². The summed E-state index contributed by atoms with van der Waals surface area (Å²) in [7, 11) is 1.48. The molecule has 0 aliphatic rings. The smallest absolute Gasteiger partial charge is 0.216 e. The van der Waals surface area contributed by atoms with E-state index in [1.54, 1.807) is 18.3 Å². The highest BCUT2D eigenvalue weighted by Crippen LogP contribution is 2.22. The minimum atomic E-state index is -0.498. The first-order valence-electron chi connectivity index (χ1n) is 9.29. The van der Waals surface area contributed by atoms with E-state index in [-0.39, 0.29) is 0 Å². The summed E-state index contributed by atoms with van der Waals surface area (Å²) >= 11 is 0. The Labute approximate surface area is 166 Å². The normalized spacial score (nSPS) is 11.2. The largest absolute Gasteiger partial charge is 0.481 e. The Kier molecular flexibility index (Phi) is 5.20. The Bertz CT molecular complexity index is 1170. The molecule has 4 aromatic heterocycles. The number of halogens is 2. The lowest BCUT2D eigenvalue weighted by molar-refractivity contribution is 0.390. The molecule has 0 aliphatic heterocycles. The van der Waals surface area contributed by atoms with E-state index in [2.05, 4.69) is 19.9 Å². The molecular weight excluding hydrogens is 374 g/mol. The van der Waals surface area contributed by atoms with E-state index < -0.39 is 11.8 Å². The number of nitrogens with zero attached hydrogens (tertiary/aromatic N) is 3. The van der Waals surface area contributed by atoms with Gasteiger partial charge < -0.3 is 9.72 Å². The molecule has 0 saturated carbocycles. The van der Waals surface area contributed by atoms with E-state index in [1.165, 1.54) is 13.2 Å². The Balaban J connectivity index is 1.51. The first-order chi connectivity index (χ1) is 14.0. The van der Waals surface area contributed by atoms with Crippen LogP contribution in [0, 0.1) is 18.7 Å². The van der Waals surface area contributed by atoms with E-state index >= 15 is 0 Å². The summed E-state index contributed by atoms with van der Waals surface area (Å²) in [6, 6.07) is 6.97. The standard InChI is InChI=1S/C22H20F2N4O/c1-13-7-19-16(11-26-21(19)25-10-13)8-14-3-5-18(28-20(14)24)6-4-15-9-17(23)12-27-22(15)29-2/h3,5,7,9-12H,4,6,8H2,1-2H3,(H,25,26). The molecule has 0 spiro atoms. The maximum Gasteiger partial charge on any atom is 0.216 e. The fraction of sp³-hybridized carbons (Fsp3) is 0.227. The molecule has 148 valence electrons. The van der Waals surface area contributed by atoms with Crippen LogP contribution in [0.25, 0.3) is 11.0 Å². The molecule has 4 aromatic rings. The molecule has 0 saturated heterocycles. The van der Waals surface area contributed by atoms with Gasteiger partial charge in [-0.25, -0.2) is 19.3 Å². The topological polar surface area (TPSA) is 63.7 Å². The van der Waals surface area contributed by atoms with Gasteiger partial charge in [0.25, 0.3) is 0 Å². The fourth-order valence-electron chi connectivity index (χ4n) is 3.38. The van der Waals surface area contributed by atoms with Crippen molar-refractivity contribution >= 4 is 11.0 Å². The van der Waals surface area contributed by atoms with Gasteiger partial charge >= 0.3 is 0 Å². The van der Waals surface area contributed by atoms with Crippen LogP contribution in [-0.4, -0.2) is 27.0 Å². The van der Waals surface area contributed by atoms with Crippen molar-refractivity contribution < 1.29 is 13.5 Å². The fourth-order valence-corrected chi connectivity index (χ4v) is 3.38. The summed E-state index contributed by atoms with van der Waals surface area (Å²) in [6.07, 6.45) is 6.08. The summed E-state index contributed by atoms with van der Waals surface area (Å²) in [5.74, 6) is -0.563. The van der Waals surface area contributed by atoms with Crippen molar-refractivity contribution in [1.82, 2.24) is 19.9 Å². The van der Waals surface area contributed by atoms with Crippen LogP contribution in [0.15, 0.2) is 42.9 Å². The summed E-state index contributed by atoms with van der Waals surface area (Å²) < 4.78 is 33.2. The van der Waals surface area contributed by atoms with Crippen molar-refractivity contribution in [1.29, 1.82) is 0 Å². The lowest BCUT2D eigenvalue weighted by Gasteiger charge is -2.08. The van der Waals surface area contributed by atoms with Gasteiger partial charge in [0.15, 0.2) is 0 Å². The highest BCUT2D eigenvalue weighted by molar-refractivity contribution is 5.80. The number of nitrogens with one attached hydrogen (secondary N) is 1. The van der Waals surface area contributed by atoms with Crippen LogP contribution < -0.4 is 4.74 Å². The first-order valence-corrected chi connectivity index (χ1v) is 9.29.